The molecular formula is C9H19NO. The van der Waals surface area contributed by atoms with Crippen LogP contribution in [-0.2, 0) is 0 Å². The third kappa shape index (κ3) is 1.94. The Hall–Kier alpha value is -0.0800. The number of likely N-dealkylation sites (N-methyl/N-ethyl adjacent to an activating group) is 1. The fourth-order valence-electron chi connectivity index (χ4n) is 2.07. The van der Waals surface area contributed by atoms with E-state index in [0.29, 0.717) is 0 Å². The summed E-state index contributed by atoms with van der Waals surface area (Å²) in [7, 11) is 0. The molecule has 0 amide bonds. The first-order valence-electron chi connectivity index (χ1n) is 4.73. The maximum absolute atomic E-state index is 11.3. The van der Waals surface area contributed by atoms with Crippen LogP contribution < -0.4 is 5.11 Å². The van der Waals surface area contributed by atoms with E-state index in [0.717, 1.165) is 37.0 Å². The summed E-state index contributed by atoms with van der Waals surface area (Å²) in [6.07, 6.45) is 1.75. The highest BCUT2D eigenvalue weighted by Crippen LogP contribution is 2.16. The zero-order chi connectivity index (χ0) is 8.32. The lowest BCUT2D eigenvalue weighted by Crippen LogP contribution is -2.58. The summed E-state index contributed by atoms with van der Waals surface area (Å²) in [6.45, 7) is 8.76. The number of hydrogen-bond donors (Lipinski definition) is 0. The van der Waals surface area contributed by atoms with Gasteiger partial charge in [-0.1, -0.05) is 12.5 Å². The van der Waals surface area contributed by atoms with E-state index in [4.69, 9.17) is 0 Å². The summed E-state index contributed by atoms with van der Waals surface area (Å²) >= 11 is 0. The van der Waals surface area contributed by atoms with Crippen LogP contribution in [0.2, 0.25) is 0 Å². The Labute approximate surface area is 69.4 Å². The van der Waals surface area contributed by atoms with Gasteiger partial charge in [0.05, 0.1) is 26.2 Å². The highest BCUT2D eigenvalue weighted by molar-refractivity contribution is 4.60. The Morgan fingerprint density at radius 1 is 1.36 bits per heavy atom. The zero-order valence-electron chi connectivity index (χ0n) is 7.68. The number of nitrogens with zero attached hydrogens (tertiary/aromatic N) is 1. The van der Waals surface area contributed by atoms with Crippen molar-refractivity contribution in [2.45, 2.75) is 32.8 Å². The quantitative estimate of drug-likeness (QED) is 0.531. The van der Waals surface area contributed by atoms with Crippen molar-refractivity contribution in [2.24, 2.45) is 0 Å². The minimum Gasteiger partial charge on any atom is -0.848 e. The second-order valence-electron chi connectivity index (χ2n) is 3.64. The van der Waals surface area contributed by atoms with Crippen LogP contribution in [0.5, 0.6) is 0 Å². The van der Waals surface area contributed by atoms with Gasteiger partial charge in [-0.2, -0.15) is 0 Å². The Morgan fingerprint density at radius 2 is 2.00 bits per heavy atom. The molecule has 0 aromatic rings. The molecule has 0 aromatic heterocycles. The average molecular weight is 157 g/mol. The van der Waals surface area contributed by atoms with Gasteiger partial charge in [0.2, 0.25) is 0 Å². The molecule has 0 saturated carbocycles. The molecular weight excluding hydrogens is 138 g/mol. The molecule has 11 heavy (non-hydrogen) atoms. The molecule has 1 aliphatic heterocycles. The van der Waals surface area contributed by atoms with Crippen LogP contribution in [0.4, 0.5) is 0 Å². The summed E-state index contributed by atoms with van der Waals surface area (Å²) in [4.78, 5) is 0. The lowest BCUT2D eigenvalue weighted by atomic mass is 10.1. The van der Waals surface area contributed by atoms with Gasteiger partial charge in [-0.05, 0) is 20.3 Å². The molecule has 2 heteroatoms. The number of likely N-dealkylation sites (tertiary alicyclic amines) is 1. The van der Waals surface area contributed by atoms with E-state index in [1.807, 2.05) is 0 Å². The van der Waals surface area contributed by atoms with E-state index in [9.17, 15) is 5.11 Å². The lowest BCUT2D eigenvalue weighted by Gasteiger charge is -2.45. The number of rotatable bonds is 2. The average Bonchev–Trinajstić information content (AvgIpc) is 2.04. The van der Waals surface area contributed by atoms with E-state index in [1.54, 1.807) is 0 Å². The van der Waals surface area contributed by atoms with Crippen LogP contribution in [-0.4, -0.2) is 36.8 Å². The van der Waals surface area contributed by atoms with Gasteiger partial charge in [-0.25, -0.2) is 0 Å². The first-order valence-corrected chi connectivity index (χ1v) is 4.73. The van der Waals surface area contributed by atoms with Crippen LogP contribution in [0.15, 0.2) is 0 Å². The van der Waals surface area contributed by atoms with E-state index >= 15 is 0 Å². The maximum atomic E-state index is 11.3. The Kier molecular flexibility index (Phi) is 2.90. The van der Waals surface area contributed by atoms with Crippen LogP contribution in [0, 0.1) is 0 Å². The largest absolute Gasteiger partial charge is 0.848 e. The number of piperidine rings is 1. The minimum atomic E-state index is -0.288. The predicted octanol–water partition coefficient (Wildman–Crippen LogP) is 0.366. The molecule has 1 heterocycles. The first kappa shape index (κ1) is 9.01. The fourth-order valence-corrected chi connectivity index (χ4v) is 2.07. The topological polar surface area (TPSA) is 23.1 Å². The first-order chi connectivity index (χ1) is 5.22. The molecule has 0 radical (unpaired) electrons. The van der Waals surface area contributed by atoms with Crippen molar-refractivity contribution in [3.05, 3.63) is 0 Å². The van der Waals surface area contributed by atoms with Crippen molar-refractivity contribution in [2.75, 3.05) is 26.2 Å². The summed E-state index contributed by atoms with van der Waals surface area (Å²) in [6, 6.07) is 0. The highest BCUT2D eigenvalue weighted by atomic mass is 16.3. The molecule has 0 N–H and O–H groups in total. The van der Waals surface area contributed by atoms with E-state index in [-0.39, 0.29) is 6.10 Å². The summed E-state index contributed by atoms with van der Waals surface area (Å²) in [5.74, 6) is 0. The van der Waals surface area contributed by atoms with E-state index in [2.05, 4.69) is 13.8 Å². The smallest absolute Gasteiger partial charge is 0.0785 e. The highest BCUT2D eigenvalue weighted by Gasteiger charge is 2.26. The summed E-state index contributed by atoms with van der Waals surface area (Å²) < 4.78 is 1.06. The van der Waals surface area contributed by atoms with Crippen molar-refractivity contribution in [3.8, 4) is 0 Å². The molecule has 1 atom stereocenters. The molecule has 0 bridgehead atoms. The molecule has 1 unspecified atom stereocenters. The number of quaternary nitrogens is 1. The van der Waals surface area contributed by atoms with Crippen molar-refractivity contribution in [3.63, 3.8) is 0 Å². The molecule has 2 nitrogen and oxygen atoms in total. The van der Waals surface area contributed by atoms with Crippen molar-refractivity contribution in [1.82, 2.24) is 0 Å². The van der Waals surface area contributed by atoms with Gasteiger partial charge in [0, 0.05) is 0 Å². The second kappa shape index (κ2) is 3.55. The molecule has 0 aromatic carbocycles. The Balaban J connectivity index is 2.52. The van der Waals surface area contributed by atoms with Gasteiger partial charge in [0.25, 0.3) is 0 Å². The molecule has 1 rings (SSSR count). The maximum Gasteiger partial charge on any atom is 0.0785 e. The van der Waals surface area contributed by atoms with Gasteiger partial charge in [-0.15, -0.1) is 0 Å². The fraction of sp³-hybridized carbons (Fsp3) is 1.00. The van der Waals surface area contributed by atoms with Gasteiger partial charge in [0.15, 0.2) is 0 Å². The van der Waals surface area contributed by atoms with Gasteiger partial charge in [0.1, 0.15) is 0 Å². The van der Waals surface area contributed by atoms with Crippen LogP contribution in [0.1, 0.15) is 26.7 Å². The van der Waals surface area contributed by atoms with Gasteiger partial charge < -0.3 is 9.59 Å². The van der Waals surface area contributed by atoms with Crippen LogP contribution in [0.25, 0.3) is 0 Å². The normalized spacial score (nSPS) is 30.3. The molecule has 66 valence electrons. The Morgan fingerprint density at radius 3 is 2.36 bits per heavy atom. The van der Waals surface area contributed by atoms with Crippen molar-refractivity contribution >= 4 is 0 Å². The molecule has 1 saturated heterocycles. The van der Waals surface area contributed by atoms with Crippen molar-refractivity contribution < 1.29 is 9.59 Å². The SMILES string of the molecule is CC[N+]1(CC)CCCC([O-])C1. The van der Waals surface area contributed by atoms with Crippen molar-refractivity contribution in [1.29, 1.82) is 0 Å². The summed E-state index contributed by atoms with van der Waals surface area (Å²) in [5.41, 5.74) is 0. The van der Waals surface area contributed by atoms with E-state index < -0.39 is 0 Å². The van der Waals surface area contributed by atoms with Gasteiger partial charge >= 0.3 is 0 Å². The molecule has 1 fully saturated rings. The molecule has 0 spiro atoms. The monoisotopic (exact) mass is 157 g/mol. The molecule has 0 aliphatic carbocycles. The third-order valence-corrected chi connectivity index (χ3v) is 3.09. The van der Waals surface area contributed by atoms with Crippen LogP contribution in [0.3, 0.4) is 0 Å². The van der Waals surface area contributed by atoms with E-state index in [1.165, 1.54) is 6.54 Å². The minimum absolute atomic E-state index is 0.288. The predicted molar refractivity (Wildman–Crippen MR) is 44.1 cm³/mol. The standard InChI is InChI=1S/C9H19NO/c1-3-10(4-2)7-5-6-9(11)8-10/h9H,3-8H2,1-2H3. The lowest BCUT2D eigenvalue weighted by molar-refractivity contribution is -0.938. The Bertz CT molecular complexity index is 121. The van der Waals surface area contributed by atoms with Crippen LogP contribution >= 0.6 is 0 Å². The zero-order valence-corrected chi connectivity index (χ0v) is 7.68. The molecule has 1 aliphatic rings. The van der Waals surface area contributed by atoms with Gasteiger partial charge in [-0.3, -0.25) is 0 Å². The summed E-state index contributed by atoms with van der Waals surface area (Å²) in [5, 5.41) is 11.3. The number of hydrogen-bond acceptors (Lipinski definition) is 1. The second-order valence-corrected chi connectivity index (χ2v) is 3.64. The third-order valence-electron chi connectivity index (χ3n) is 3.09.